The molecule has 3 nitrogen and oxygen atoms in total. The molecule has 0 heterocycles. The first-order valence-corrected chi connectivity index (χ1v) is 6.40. The Hall–Kier alpha value is -1.91. The third kappa shape index (κ3) is 4.05. The Kier molecular flexibility index (Phi) is 5.09. The molecule has 0 aliphatic carbocycles. The van der Waals surface area contributed by atoms with Crippen molar-refractivity contribution in [2.24, 2.45) is 5.73 Å². The first-order valence-electron chi connectivity index (χ1n) is 6.40. The molecule has 0 aromatic heterocycles. The summed E-state index contributed by atoms with van der Waals surface area (Å²) in [5.41, 5.74) is 8.09. The van der Waals surface area contributed by atoms with Gasteiger partial charge in [-0.1, -0.05) is 18.2 Å². The fourth-order valence-corrected chi connectivity index (χ4v) is 1.97. The molecule has 0 spiro atoms. The van der Waals surface area contributed by atoms with Gasteiger partial charge in [-0.25, -0.2) is 4.39 Å². The van der Waals surface area contributed by atoms with Crippen LogP contribution >= 0.6 is 0 Å². The molecule has 0 radical (unpaired) electrons. The number of nitrogens with two attached hydrogens (primary N) is 1. The van der Waals surface area contributed by atoms with Gasteiger partial charge in [0.15, 0.2) is 0 Å². The van der Waals surface area contributed by atoms with Crippen LogP contribution in [0.5, 0.6) is 5.75 Å². The maximum Gasteiger partial charge on any atom is 0.123 e. The molecule has 0 saturated heterocycles. The van der Waals surface area contributed by atoms with Crippen molar-refractivity contribution in [3.8, 4) is 5.75 Å². The lowest BCUT2D eigenvalue weighted by atomic mass is 10.1. The van der Waals surface area contributed by atoms with Crippen LogP contribution in [0.4, 0.5) is 4.39 Å². The second-order valence-corrected chi connectivity index (χ2v) is 4.52. The highest BCUT2D eigenvalue weighted by Crippen LogP contribution is 2.15. The molecule has 0 amide bonds. The predicted octanol–water partition coefficient (Wildman–Crippen LogP) is 3.01. The number of hydrogen-bond acceptors (Lipinski definition) is 3. The molecule has 0 aliphatic heterocycles. The summed E-state index contributed by atoms with van der Waals surface area (Å²) < 4.78 is 24.1. The monoisotopic (exact) mass is 275 g/mol. The first kappa shape index (κ1) is 14.5. The van der Waals surface area contributed by atoms with Crippen molar-refractivity contribution in [3.05, 3.63) is 65.0 Å². The summed E-state index contributed by atoms with van der Waals surface area (Å²) >= 11 is 0. The first-order chi connectivity index (χ1) is 9.71. The number of benzene rings is 2. The highest BCUT2D eigenvalue weighted by atomic mass is 19.1. The highest BCUT2D eigenvalue weighted by molar-refractivity contribution is 5.28. The molecule has 0 bridgehead atoms. The second kappa shape index (κ2) is 7.03. The summed E-state index contributed by atoms with van der Waals surface area (Å²) in [6.07, 6.45) is 0. The molecule has 0 fully saturated rings. The van der Waals surface area contributed by atoms with E-state index in [0.29, 0.717) is 19.8 Å². The third-order valence-corrected chi connectivity index (χ3v) is 2.92. The van der Waals surface area contributed by atoms with E-state index >= 15 is 0 Å². The Morgan fingerprint density at radius 3 is 2.50 bits per heavy atom. The molecule has 2 rings (SSSR count). The van der Waals surface area contributed by atoms with Gasteiger partial charge in [0.1, 0.15) is 11.6 Å². The van der Waals surface area contributed by atoms with Gasteiger partial charge >= 0.3 is 0 Å². The lowest BCUT2D eigenvalue weighted by molar-refractivity contribution is 0.107. The van der Waals surface area contributed by atoms with Crippen molar-refractivity contribution >= 4 is 0 Å². The van der Waals surface area contributed by atoms with Gasteiger partial charge < -0.3 is 15.2 Å². The van der Waals surface area contributed by atoms with Crippen LogP contribution in [0, 0.1) is 5.82 Å². The van der Waals surface area contributed by atoms with Gasteiger partial charge in [-0.05, 0) is 41.0 Å². The average Bonchev–Trinajstić information content (AvgIpc) is 2.47. The second-order valence-electron chi connectivity index (χ2n) is 4.52. The van der Waals surface area contributed by atoms with Crippen LogP contribution in [-0.2, 0) is 24.5 Å². The smallest absolute Gasteiger partial charge is 0.123 e. The van der Waals surface area contributed by atoms with E-state index in [1.54, 1.807) is 7.11 Å². The van der Waals surface area contributed by atoms with Crippen LogP contribution in [0.3, 0.4) is 0 Å². The van der Waals surface area contributed by atoms with Crippen molar-refractivity contribution in [2.45, 2.75) is 19.8 Å². The normalized spacial score (nSPS) is 10.6. The van der Waals surface area contributed by atoms with Gasteiger partial charge in [0, 0.05) is 6.54 Å². The van der Waals surface area contributed by atoms with E-state index in [2.05, 4.69) is 0 Å². The van der Waals surface area contributed by atoms with Crippen molar-refractivity contribution < 1.29 is 13.9 Å². The quantitative estimate of drug-likeness (QED) is 0.881. The van der Waals surface area contributed by atoms with Crippen molar-refractivity contribution in [2.75, 3.05) is 7.11 Å². The summed E-state index contributed by atoms with van der Waals surface area (Å²) in [5, 5.41) is 0. The fourth-order valence-electron chi connectivity index (χ4n) is 1.97. The number of hydrogen-bond donors (Lipinski definition) is 1. The van der Waals surface area contributed by atoms with Crippen LogP contribution in [-0.4, -0.2) is 7.11 Å². The molecule has 2 aromatic rings. The zero-order valence-electron chi connectivity index (χ0n) is 11.4. The Labute approximate surface area is 118 Å². The zero-order valence-corrected chi connectivity index (χ0v) is 11.4. The number of halogens is 1. The Morgan fingerprint density at radius 2 is 1.75 bits per heavy atom. The molecular weight excluding hydrogens is 257 g/mol. The molecule has 0 saturated carbocycles. The largest absolute Gasteiger partial charge is 0.497 e. The summed E-state index contributed by atoms with van der Waals surface area (Å²) in [7, 11) is 1.63. The Bertz CT molecular complexity index is 572. The molecule has 0 unspecified atom stereocenters. The van der Waals surface area contributed by atoms with E-state index < -0.39 is 0 Å². The summed E-state index contributed by atoms with van der Waals surface area (Å²) in [4.78, 5) is 0. The van der Waals surface area contributed by atoms with Crippen molar-refractivity contribution in [3.63, 3.8) is 0 Å². The van der Waals surface area contributed by atoms with Gasteiger partial charge in [-0.2, -0.15) is 0 Å². The third-order valence-electron chi connectivity index (χ3n) is 2.92. The van der Waals surface area contributed by atoms with E-state index in [0.717, 1.165) is 22.4 Å². The SMILES string of the molecule is COc1cccc(COCc2cc(F)cc(CN)c2)c1. The van der Waals surface area contributed by atoms with Crippen molar-refractivity contribution in [1.82, 2.24) is 0 Å². The van der Waals surface area contributed by atoms with Crippen LogP contribution < -0.4 is 10.5 Å². The molecule has 106 valence electrons. The topological polar surface area (TPSA) is 44.5 Å². The molecule has 0 atom stereocenters. The van der Waals surface area contributed by atoms with Gasteiger partial charge in [-0.15, -0.1) is 0 Å². The average molecular weight is 275 g/mol. The van der Waals surface area contributed by atoms with Crippen LogP contribution in [0.2, 0.25) is 0 Å². The Balaban J connectivity index is 1.93. The fraction of sp³-hybridized carbons (Fsp3) is 0.250. The minimum Gasteiger partial charge on any atom is -0.497 e. The number of methoxy groups -OCH3 is 1. The summed E-state index contributed by atoms with van der Waals surface area (Å²) in [5.74, 6) is 0.509. The zero-order chi connectivity index (χ0) is 14.4. The minimum atomic E-state index is -0.284. The van der Waals surface area contributed by atoms with E-state index in [-0.39, 0.29) is 5.82 Å². The molecule has 0 aliphatic rings. The van der Waals surface area contributed by atoms with Crippen LogP contribution in [0.15, 0.2) is 42.5 Å². The highest BCUT2D eigenvalue weighted by Gasteiger charge is 2.01. The molecule has 4 heteroatoms. The van der Waals surface area contributed by atoms with Gasteiger partial charge in [0.25, 0.3) is 0 Å². The number of ether oxygens (including phenoxy) is 2. The van der Waals surface area contributed by atoms with E-state index in [9.17, 15) is 4.39 Å². The minimum absolute atomic E-state index is 0.284. The van der Waals surface area contributed by atoms with Gasteiger partial charge in [0.05, 0.1) is 20.3 Å². The lowest BCUT2D eigenvalue weighted by Crippen LogP contribution is -2.00. The molecule has 2 N–H and O–H groups in total. The molecule has 20 heavy (non-hydrogen) atoms. The predicted molar refractivity (Wildman–Crippen MR) is 75.8 cm³/mol. The summed E-state index contributed by atoms with van der Waals surface area (Å²) in [6.45, 7) is 1.12. The summed E-state index contributed by atoms with van der Waals surface area (Å²) in [6, 6.07) is 12.4. The standard InChI is InChI=1S/C16H18FNO2/c1-19-16-4-2-3-12(8-16)10-20-11-14-5-13(9-18)6-15(17)7-14/h2-8H,9-11,18H2,1H3. The van der Waals surface area contributed by atoms with Crippen molar-refractivity contribution in [1.29, 1.82) is 0 Å². The molecular formula is C16H18FNO2. The Morgan fingerprint density at radius 1 is 1.00 bits per heavy atom. The lowest BCUT2D eigenvalue weighted by Gasteiger charge is -2.08. The van der Waals surface area contributed by atoms with Gasteiger partial charge in [0.2, 0.25) is 0 Å². The van der Waals surface area contributed by atoms with Gasteiger partial charge in [-0.3, -0.25) is 0 Å². The van der Waals surface area contributed by atoms with E-state index in [1.165, 1.54) is 12.1 Å². The maximum atomic E-state index is 13.3. The molecule has 2 aromatic carbocycles. The van der Waals surface area contributed by atoms with E-state index in [1.807, 2.05) is 30.3 Å². The number of rotatable bonds is 6. The van der Waals surface area contributed by atoms with E-state index in [4.69, 9.17) is 15.2 Å². The van der Waals surface area contributed by atoms with Crippen LogP contribution in [0.25, 0.3) is 0 Å². The van der Waals surface area contributed by atoms with Crippen LogP contribution in [0.1, 0.15) is 16.7 Å². The maximum absolute atomic E-state index is 13.3.